The number of rotatable bonds is 5. The third-order valence-corrected chi connectivity index (χ3v) is 2.67. The second-order valence-corrected chi connectivity index (χ2v) is 4.48. The van der Waals surface area contributed by atoms with E-state index in [0.717, 1.165) is 11.8 Å². The minimum atomic E-state index is -0.177. The monoisotopic (exact) mass is 274 g/mol. The van der Waals surface area contributed by atoms with Crippen molar-refractivity contribution in [3.8, 4) is 0 Å². The van der Waals surface area contributed by atoms with E-state index in [1.54, 1.807) is 6.07 Å². The van der Waals surface area contributed by atoms with E-state index in [-0.39, 0.29) is 11.9 Å². The number of alkyl halides is 1. The molecule has 0 aromatic carbocycles. The summed E-state index contributed by atoms with van der Waals surface area (Å²) < 4.78 is 4.62. The van der Waals surface area contributed by atoms with Crippen LogP contribution in [0.5, 0.6) is 0 Å². The van der Waals surface area contributed by atoms with E-state index in [2.05, 4.69) is 44.8 Å². The summed E-state index contributed by atoms with van der Waals surface area (Å²) >= 11 is 3.37. The predicted molar refractivity (Wildman–Crippen MR) is 61.0 cm³/mol. The van der Waals surface area contributed by atoms with Gasteiger partial charge in [0, 0.05) is 17.4 Å². The Morgan fingerprint density at radius 1 is 1.67 bits per heavy atom. The summed E-state index contributed by atoms with van der Waals surface area (Å²) in [7, 11) is 0. The molecule has 0 fully saturated rings. The van der Waals surface area contributed by atoms with Crippen LogP contribution < -0.4 is 5.32 Å². The van der Waals surface area contributed by atoms with Gasteiger partial charge >= 0.3 is 0 Å². The molecule has 1 N–H and O–H groups in total. The van der Waals surface area contributed by atoms with Gasteiger partial charge in [-0.3, -0.25) is 4.79 Å². The van der Waals surface area contributed by atoms with Gasteiger partial charge in [0.15, 0.2) is 5.69 Å². The van der Waals surface area contributed by atoms with E-state index in [9.17, 15) is 4.79 Å². The molecule has 0 saturated heterocycles. The van der Waals surface area contributed by atoms with Crippen LogP contribution in [0.1, 0.15) is 30.8 Å². The highest BCUT2D eigenvalue weighted by Crippen LogP contribution is 2.08. The molecule has 1 unspecified atom stereocenters. The Bertz CT molecular complexity index is 298. The van der Waals surface area contributed by atoms with Gasteiger partial charge in [0.05, 0.1) is 0 Å². The molecule has 0 saturated carbocycles. The number of nitrogens with zero attached hydrogens (tertiary/aromatic N) is 1. The Hall–Kier alpha value is -0.840. The molecule has 5 heteroatoms. The van der Waals surface area contributed by atoms with Crippen LogP contribution in [0.4, 0.5) is 0 Å². The maximum absolute atomic E-state index is 11.6. The molecule has 1 aromatic rings. The minimum Gasteiger partial charge on any atom is -0.364 e. The van der Waals surface area contributed by atoms with Gasteiger partial charge in [-0.2, -0.15) is 0 Å². The summed E-state index contributed by atoms with van der Waals surface area (Å²) in [4.78, 5) is 11.6. The summed E-state index contributed by atoms with van der Waals surface area (Å²) in [6.07, 6.45) is 2.30. The van der Waals surface area contributed by atoms with E-state index in [4.69, 9.17) is 0 Å². The van der Waals surface area contributed by atoms with Crippen molar-refractivity contribution in [3.05, 3.63) is 18.0 Å². The number of amides is 1. The van der Waals surface area contributed by atoms with Crippen LogP contribution in [0.3, 0.4) is 0 Å². The molecule has 0 aliphatic rings. The first kappa shape index (κ1) is 12.2. The standard InChI is InChI=1S/C10H15BrN2O2/c1-7(2)8(3-5-11)12-10(14)9-4-6-15-13-9/h4,6-8H,3,5H2,1-2H3,(H,12,14). The second-order valence-electron chi connectivity index (χ2n) is 3.69. The van der Waals surface area contributed by atoms with Gasteiger partial charge in [0.2, 0.25) is 0 Å². The molecule has 0 radical (unpaired) electrons. The topological polar surface area (TPSA) is 55.1 Å². The second kappa shape index (κ2) is 5.90. The lowest BCUT2D eigenvalue weighted by Crippen LogP contribution is -2.38. The summed E-state index contributed by atoms with van der Waals surface area (Å²) in [6.45, 7) is 4.16. The number of hydrogen-bond acceptors (Lipinski definition) is 3. The first-order chi connectivity index (χ1) is 7.15. The van der Waals surface area contributed by atoms with Crippen molar-refractivity contribution in [3.63, 3.8) is 0 Å². The molecule has 84 valence electrons. The van der Waals surface area contributed by atoms with Crippen LogP contribution in [0.2, 0.25) is 0 Å². The lowest BCUT2D eigenvalue weighted by molar-refractivity contribution is 0.0916. The Morgan fingerprint density at radius 2 is 2.40 bits per heavy atom. The van der Waals surface area contributed by atoms with Gasteiger partial charge in [0.25, 0.3) is 5.91 Å². The normalized spacial score (nSPS) is 12.8. The van der Waals surface area contributed by atoms with Crippen molar-refractivity contribution in [1.29, 1.82) is 0 Å². The molecule has 1 rings (SSSR count). The molecule has 0 bridgehead atoms. The minimum absolute atomic E-state index is 0.161. The number of aromatic nitrogens is 1. The summed E-state index contributed by atoms with van der Waals surface area (Å²) in [5, 5.41) is 7.39. The molecular formula is C10H15BrN2O2. The maximum Gasteiger partial charge on any atom is 0.273 e. The van der Waals surface area contributed by atoms with Crippen molar-refractivity contribution in [2.24, 2.45) is 5.92 Å². The lowest BCUT2D eigenvalue weighted by atomic mass is 10.0. The Morgan fingerprint density at radius 3 is 2.87 bits per heavy atom. The largest absolute Gasteiger partial charge is 0.364 e. The summed E-state index contributed by atoms with van der Waals surface area (Å²) in [6, 6.07) is 1.72. The first-order valence-corrected chi connectivity index (χ1v) is 6.04. The Kier molecular flexibility index (Phi) is 4.81. The van der Waals surface area contributed by atoms with Crippen molar-refractivity contribution >= 4 is 21.8 Å². The number of hydrogen-bond donors (Lipinski definition) is 1. The van der Waals surface area contributed by atoms with Crippen LogP contribution >= 0.6 is 15.9 Å². The van der Waals surface area contributed by atoms with Gasteiger partial charge in [0.1, 0.15) is 6.26 Å². The molecule has 1 aromatic heterocycles. The fourth-order valence-corrected chi connectivity index (χ4v) is 1.75. The molecule has 1 amide bonds. The van der Waals surface area contributed by atoms with E-state index >= 15 is 0 Å². The van der Waals surface area contributed by atoms with Crippen molar-refractivity contribution in [2.45, 2.75) is 26.3 Å². The van der Waals surface area contributed by atoms with Crippen LogP contribution in [0.25, 0.3) is 0 Å². The quantitative estimate of drug-likeness (QED) is 0.838. The average molecular weight is 275 g/mol. The number of halogens is 1. The molecule has 1 atom stereocenters. The van der Waals surface area contributed by atoms with Crippen molar-refractivity contribution < 1.29 is 9.32 Å². The lowest BCUT2D eigenvalue weighted by Gasteiger charge is -2.20. The predicted octanol–water partition coefficient (Wildman–Crippen LogP) is 2.21. The fraction of sp³-hybridized carbons (Fsp3) is 0.600. The van der Waals surface area contributed by atoms with Crippen LogP contribution in [-0.2, 0) is 0 Å². The maximum atomic E-state index is 11.6. The fourth-order valence-electron chi connectivity index (χ4n) is 1.26. The number of nitrogens with one attached hydrogen (secondary N) is 1. The average Bonchev–Trinajstić information content (AvgIpc) is 2.69. The number of carbonyl (C=O) groups excluding carboxylic acids is 1. The highest BCUT2D eigenvalue weighted by atomic mass is 79.9. The van der Waals surface area contributed by atoms with Crippen molar-refractivity contribution in [1.82, 2.24) is 10.5 Å². The third kappa shape index (κ3) is 3.66. The molecule has 1 heterocycles. The molecule has 0 aliphatic carbocycles. The molecule has 4 nitrogen and oxygen atoms in total. The SMILES string of the molecule is CC(C)C(CCBr)NC(=O)c1ccon1. The first-order valence-electron chi connectivity index (χ1n) is 4.92. The Balaban J connectivity index is 2.55. The van der Waals surface area contributed by atoms with Gasteiger partial charge in [-0.15, -0.1) is 0 Å². The van der Waals surface area contributed by atoms with Gasteiger partial charge in [-0.05, 0) is 12.3 Å². The highest BCUT2D eigenvalue weighted by molar-refractivity contribution is 9.09. The van der Waals surface area contributed by atoms with E-state index in [0.29, 0.717) is 11.6 Å². The smallest absolute Gasteiger partial charge is 0.273 e. The van der Waals surface area contributed by atoms with E-state index in [1.165, 1.54) is 6.26 Å². The zero-order valence-corrected chi connectivity index (χ0v) is 10.5. The summed E-state index contributed by atoms with van der Waals surface area (Å²) in [5.74, 6) is 0.224. The molecule has 0 aliphatic heterocycles. The zero-order chi connectivity index (χ0) is 11.3. The van der Waals surface area contributed by atoms with Crippen LogP contribution in [-0.4, -0.2) is 22.4 Å². The number of carbonyl (C=O) groups is 1. The van der Waals surface area contributed by atoms with Gasteiger partial charge < -0.3 is 9.84 Å². The van der Waals surface area contributed by atoms with Crippen molar-refractivity contribution in [2.75, 3.05) is 5.33 Å². The summed E-state index contributed by atoms with van der Waals surface area (Å²) in [5.41, 5.74) is 0.329. The zero-order valence-electron chi connectivity index (χ0n) is 8.87. The highest BCUT2D eigenvalue weighted by Gasteiger charge is 2.17. The van der Waals surface area contributed by atoms with E-state index < -0.39 is 0 Å². The van der Waals surface area contributed by atoms with Crippen LogP contribution in [0.15, 0.2) is 16.9 Å². The Labute approximate surface area is 97.5 Å². The molecular weight excluding hydrogens is 260 g/mol. The third-order valence-electron chi connectivity index (χ3n) is 2.21. The molecule has 0 spiro atoms. The van der Waals surface area contributed by atoms with Gasteiger partial charge in [-0.1, -0.05) is 34.9 Å². The van der Waals surface area contributed by atoms with E-state index in [1.807, 2.05) is 0 Å². The molecule has 15 heavy (non-hydrogen) atoms. The van der Waals surface area contributed by atoms with Crippen LogP contribution in [0, 0.1) is 5.92 Å². The van der Waals surface area contributed by atoms with Gasteiger partial charge in [-0.25, -0.2) is 0 Å².